The fourth-order valence-electron chi connectivity index (χ4n) is 0.839. The molecule has 0 saturated carbocycles. The number of pyridine rings is 1. The van der Waals surface area contributed by atoms with Crippen LogP contribution in [0.15, 0.2) is 18.3 Å². The number of aromatic nitrogens is 1. The fraction of sp³-hybridized carbons (Fsp3) is 0.375. The fourth-order valence-corrected chi connectivity index (χ4v) is 1.53. The lowest BCUT2D eigenvalue weighted by Crippen LogP contribution is -1.92. The Kier molecular flexibility index (Phi) is 3.90. The van der Waals surface area contributed by atoms with Crippen molar-refractivity contribution in [2.45, 2.75) is 5.75 Å². The van der Waals surface area contributed by atoms with Gasteiger partial charge in [0.15, 0.2) is 0 Å². The molecule has 0 atom stereocenters. The number of thioether (sulfide) groups is 1. The molecule has 0 aliphatic heterocycles. The van der Waals surface area contributed by atoms with Gasteiger partial charge in [-0.2, -0.15) is 11.8 Å². The van der Waals surface area contributed by atoms with Crippen molar-refractivity contribution in [2.24, 2.45) is 0 Å². The molecule has 0 spiro atoms. The largest absolute Gasteiger partial charge is 0.396 e. The molecule has 4 heteroatoms. The van der Waals surface area contributed by atoms with E-state index < -0.39 is 0 Å². The van der Waals surface area contributed by atoms with E-state index in [9.17, 15) is 0 Å². The van der Waals surface area contributed by atoms with Crippen molar-refractivity contribution in [3.05, 3.63) is 23.9 Å². The number of anilines is 1. The van der Waals surface area contributed by atoms with Gasteiger partial charge in [-0.15, -0.1) is 0 Å². The maximum absolute atomic E-state index is 8.54. The summed E-state index contributed by atoms with van der Waals surface area (Å²) in [7, 11) is 0. The Balaban J connectivity index is 2.41. The quantitative estimate of drug-likeness (QED) is 0.682. The first-order valence-electron chi connectivity index (χ1n) is 3.72. The topological polar surface area (TPSA) is 59.1 Å². The van der Waals surface area contributed by atoms with Crippen molar-refractivity contribution in [2.75, 3.05) is 18.1 Å². The average Bonchev–Trinajstić information content (AvgIpc) is 2.05. The van der Waals surface area contributed by atoms with Crippen molar-refractivity contribution < 1.29 is 5.11 Å². The van der Waals surface area contributed by atoms with Crippen LogP contribution in [0.5, 0.6) is 0 Å². The normalized spacial score (nSPS) is 10.1. The molecule has 12 heavy (non-hydrogen) atoms. The summed E-state index contributed by atoms with van der Waals surface area (Å²) >= 11 is 1.68. The second kappa shape index (κ2) is 5.00. The lowest BCUT2D eigenvalue weighted by Gasteiger charge is -2.00. The molecule has 0 radical (unpaired) electrons. The maximum Gasteiger partial charge on any atom is 0.123 e. The predicted molar refractivity (Wildman–Crippen MR) is 51.9 cm³/mol. The molecule has 3 N–H and O–H groups in total. The van der Waals surface area contributed by atoms with E-state index in [4.69, 9.17) is 10.8 Å². The van der Waals surface area contributed by atoms with Gasteiger partial charge < -0.3 is 10.8 Å². The second-order valence-corrected chi connectivity index (χ2v) is 3.47. The molecule has 0 aromatic carbocycles. The van der Waals surface area contributed by atoms with Gasteiger partial charge in [0.2, 0.25) is 0 Å². The zero-order valence-corrected chi connectivity index (χ0v) is 7.55. The molecule has 0 bridgehead atoms. The molecule has 0 fully saturated rings. The monoisotopic (exact) mass is 184 g/mol. The van der Waals surface area contributed by atoms with E-state index in [2.05, 4.69) is 4.98 Å². The van der Waals surface area contributed by atoms with E-state index in [0.29, 0.717) is 5.82 Å². The van der Waals surface area contributed by atoms with Gasteiger partial charge in [-0.3, -0.25) is 0 Å². The number of hydrogen-bond acceptors (Lipinski definition) is 4. The van der Waals surface area contributed by atoms with Crippen molar-refractivity contribution in [1.82, 2.24) is 4.98 Å². The summed E-state index contributed by atoms with van der Waals surface area (Å²) in [6.07, 6.45) is 1.70. The van der Waals surface area contributed by atoms with E-state index >= 15 is 0 Å². The molecule has 0 unspecified atom stereocenters. The van der Waals surface area contributed by atoms with Crippen LogP contribution < -0.4 is 5.73 Å². The Morgan fingerprint density at radius 2 is 2.42 bits per heavy atom. The Bertz CT molecular complexity index is 242. The molecule has 3 nitrogen and oxygen atoms in total. The third-order valence-corrected chi connectivity index (χ3v) is 2.36. The molecule has 0 amide bonds. The Labute approximate surface area is 76.0 Å². The van der Waals surface area contributed by atoms with Crippen LogP contribution in [-0.2, 0) is 5.75 Å². The summed E-state index contributed by atoms with van der Waals surface area (Å²) in [6, 6.07) is 3.78. The minimum atomic E-state index is 0.227. The summed E-state index contributed by atoms with van der Waals surface area (Å²) in [5.74, 6) is 2.20. The van der Waals surface area contributed by atoms with Gasteiger partial charge in [0, 0.05) is 17.7 Å². The number of nitrogen functional groups attached to an aromatic ring is 1. The summed E-state index contributed by atoms with van der Waals surface area (Å²) in [5, 5.41) is 8.54. The standard InChI is InChI=1S/C8H12N2OS/c9-8-5-7(1-2-10-8)6-12-4-3-11/h1-2,5,11H,3-4,6H2,(H2,9,10). The van der Waals surface area contributed by atoms with Crippen LogP contribution in [0, 0.1) is 0 Å². The van der Waals surface area contributed by atoms with Crippen LogP contribution in [0.25, 0.3) is 0 Å². The minimum absolute atomic E-state index is 0.227. The number of aliphatic hydroxyl groups is 1. The molecule has 0 saturated heterocycles. The average molecular weight is 184 g/mol. The molecular weight excluding hydrogens is 172 g/mol. The number of rotatable bonds is 4. The van der Waals surface area contributed by atoms with E-state index in [1.807, 2.05) is 12.1 Å². The van der Waals surface area contributed by atoms with Crippen molar-refractivity contribution in [3.63, 3.8) is 0 Å². The number of nitrogens with two attached hydrogens (primary N) is 1. The highest BCUT2D eigenvalue weighted by Crippen LogP contribution is 2.12. The molecule has 1 heterocycles. The van der Waals surface area contributed by atoms with Gasteiger partial charge in [-0.05, 0) is 17.7 Å². The van der Waals surface area contributed by atoms with E-state index in [0.717, 1.165) is 17.1 Å². The van der Waals surface area contributed by atoms with E-state index in [1.165, 1.54) is 0 Å². The zero-order chi connectivity index (χ0) is 8.81. The third kappa shape index (κ3) is 3.11. The first-order valence-corrected chi connectivity index (χ1v) is 4.87. The molecule has 1 rings (SSSR count). The Morgan fingerprint density at radius 1 is 1.58 bits per heavy atom. The number of aliphatic hydroxyl groups excluding tert-OH is 1. The first kappa shape index (κ1) is 9.35. The van der Waals surface area contributed by atoms with Gasteiger partial charge in [0.25, 0.3) is 0 Å². The third-order valence-electron chi connectivity index (χ3n) is 1.35. The maximum atomic E-state index is 8.54. The number of hydrogen-bond donors (Lipinski definition) is 2. The SMILES string of the molecule is Nc1cc(CSCCO)ccn1. The predicted octanol–water partition coefficient (Wildman–Crippen LogP) is 0.889. The summed E-state index contributed by atoms with van der Waals surface area (Å²) in [6.45, 7) is 0.227. The van der Waals surface area contributed by atoms with Crippen LogP contribution in [0.1, 0.15) is 5.56 Å². The van der Waals surface area contributed by atoms with E-state index in [-0.39, 0.29) is 6.61 Å². The molecule has 0 aliphatic carbocycles. The van der Waals surface area contributed by atoms with Crippen molar-refractivity contribution in [3.8, 4) is 0 Å². The van der Waals surface area contributed by atoms with Gasteiger partial charge in [0.1, 0.15) is 5.82 Å². The second-order valence-electron chi connectivity index (χ2n) is 2.37. The molecular formula is C8H12N2OS. The van der Waals surface area contributed by atoms with Gasteiger partial charge in [-0.1, -0.05) is 0 Å². The highest BCUT2D eigenvalue weighted by Gasteiger charge is 1.93. The lowest BCUT2D eigenvalue weighted by atomic mass is 10.3. The van der Waals surface area contributed by atoms with Crippen LogP contribution in [0.4, 0.5) is 5.82 Å². The van der Waals surface area contributed by atoms with Crippen LogP contribution in [0.3, 0.4) is 0 Å². The van der Waals surface area contributed by atoms with Gasteiger partial charge in [0.05, 0.1) is 6.61 Å². The highest BCUT2D eigenvalue weighted by molar-refractivity contribution is 7.98. The smallest absolute Gasteiger partial charge is 0.123 e. The van der Waals surface area contributed by atoms with Crippen molar-refractivity contribution >= 4 is 17.6 Å². The first-order chi connectivity index (χ1) is 5.83. The molecule has 66 valence electrons. The lowest BCUT2D eigenvalue weighted by molar-refractivity contribution is 0.322. The summed E-state index contributed by atoms with van der Waals surface area (Å²) in [4.78, 5) is 3.89. The van der Waals surface area contributed by atoms with Gasteiger partial charge in [-0.25, -0.2) is 4.98 Å². The molecule has 0 aliphatic rings. The van der Waals surface area contributed by atoms with Gasteiger partial charge >= 0.3 is 0 Å². The summed E-state index contributed by atoms with van der Waals surface area (Å²) in [5.41, 5.74) is 6.65. The van der Waals surface area contributed by atoms with Crippen LogP contribution >= 0.6 is 11.8 Å². The molecule has 1 aromatic rings. The van der Waals surface area contributed by atoms with Crippen LogP contribution in [0.2, 0.25) is 0 Å². The van der Waals surface area contributed by atoms with Crippen molar-refractivity contribution in [1.29, 1.82) is 0 Å². The van der Waals surface area contributed by atoms with E-state index in [1.54, 1.807) is 18.0 Å². The Hall–Kier alpha value is -0.740. The highest BCUT2D eigenvalue weighted by atomic mass is 32.2. The molecule has 1 aromatic heterocycles. The minimum Gasteiger partial charge on any atom is -0.396 e. The zero-order valence-electron chi connectivity index (χ0n) is 6.73. The van der Waals surface area contributed by atoms with Crippen LogP contribution in [-0.4, -0.2) is 22.5 Å². The summed E-state index contributed by atoms with van der Waals surface area (Å²) < 4.78 is 0. The number of nitrogens with zero attached hydrogens (tertiary/aromatic N) is 1. The Morgan fingerprint density at radius 3 is 3.08 bits per heavy atom.